The minimum Gasteiger partial charge on any atom is -0.349 e. The molecule has 196 valence electrons. The molecule has 4 aromatic rings. The van der Waals surface area contributed by atoms with Crippen molar-refractivity contribution in [3.05, 3.63) is 102 Å². The third kappa shape index (κ3) is 5.59. The summed E-state index contributed by atoms with van der Waals surface area (Å²) in [6, 6.07) is 23.5. The quantitative estimate of drug-likeness (QED) is 0.280. The van der Waals surface area contributed by atoms with Crippen molar-refractivity contribution in [1.29, 1.82) is 0 Å². The Morgan fingerprint density at radius 2 is 1.61 bits per heavy atom. The summed E-state index contributed by atoms with van der Waals surface area (Å²) in [7, 11) is 0. The Morgan fingerprint density at radius 3 is 2.26 bits per heavy atom. The molecule has 0 aliphatic heterocycles. The zero-order valence-corrected chi connectivity index (χ0v) is 21.3. The largest absolute Gasteiger partial charge is 0.416 e. The molecule has 1 aliphatic rings. The number of pyridine rings is 1. The fourth-order valence-electron chi connectivity index (χ4n) is 5.78. The van der Waals surface area contributed by atoms with Gasteiger partial charge in [0.1, 0.15) is 0 Å². The van der Waals surface area contributed by atoms with Crippen molar-refractivity contribution in [1.82, 2.24) is 10.3 Å². The van der Waals surface area contributed by atoms with E-state index in [-0.39, 0.29) is 17.9 Å². The second kappa shape index (κ2) is 11.0. The van der Waals surface area contributed by atoms with Crippen LogP contribution in [0.3, 0.4) is 0 Å². The molecule has 1 heterocycles. The van der Waals surface area contributed by atoms with Crippen molar-refractivity contribution in [3.63, 3.8) is 0 Å². The highest BCUT2D eigenvalue weighted by atomic mass is 19.4. The van der Waals surface area contributed by atoms with Crippen molar-refractivity contribution >= 4 is 16.8 Å². The first-order valence-electron chi connectivity index (χ1n) is 13.3. The van der Waals surface area contributed by atoms with Gasteiger partial charge in [-0.05, 0) is 97.0 Å². The monoisotopic (exact) mass is 516 g/mol. The fourth-order valence-corrected chi connectivity index (χ4v) is 5.78. The predicted molar refractivity (Wildman–Crippen MR) is 145 cm³/mol. The Kier molecular flexibility index (Phi) is 7.50. The maximum absolute atomic E-state index is 13.3. The molecule has 1 fully saturated rings. The van der Waals surface area contributed by atoms with E-state index in [1.54, 1.807) is 6.20 Å². The molecule has 0 spiro atoms. The summed E-state index contributed by atoms with van der Waals surface area (Å²) >= 11 is 0. The van der Waals surface area contributed by atoms with E-state index in [1.165, 1.54) is 12.1 Å². The van der Waals surface area contributed by atoms with E-state index < -0.39 is 11.7 Å². The Bertz CT molecular complexity index is 1390. The third-order valence-electron chi connectivity index (χ3n) is 7.89. The molecule has 1 saturated carbocycles. The van der Waals surface area contributed by atoms with Crippen LogP contribution in [0.4, 0.5) is 13.2 Å². The van der Waals surface area contributed by atoms with Gasteiger partial charge in [-0.3, -0.25) is 9.78 Å². The molecular formula is C32H31F3N2O. The van der Waals surface area contributed by atoms with Crippen molar-refractivity contribution in [2.45, 2.75) is 57.2 Å². The summed E-state index contributed by atoms with van der Waals surface area (Å²) in [6.45, 7) is 2.09. The number of aromatic nitrogens is 1. The molecule has 1 atom stereocenters. The minimum absolute atomic E-state index is 0.0586. The minimum atomic E-state index is -4.38. The Morgan fingerprint density at radius 1 is 0.921 bits per heavy atom. The van der Waals surface area contributed by atoms with Crippen LogP contribution in [0.5, 0.6) is 0 Å². The number of alkyl halides is 3. The van der Waals surface area contributed by atoms with E-state index in [0.717, 1.165) is 54.9 Å². The van der Waals surface area contributed by atoms with Gasteiger partial charge in [-0.2, -0.15) is 13.2 Å². The number of carbonyl (C=O) groups is 1. The number of rotatable bonds is 6. The number of amides is 1. The normalized spacial score (nSPS) is 18.7. The van der Waals surface area contributed by atoms with E-state index >= 15 is 0 Å². The molecule has 38 heavy (non-hydrogen) atoms. The van der Waals surface area contributed by atoms with Gasteiger partial charge in [0.05, 0.1) is 11.1 Å². The van der Waals surface area contributed by atoms with Gasteiger partial charge in [-0.15, -0.1) is 0 Å². The second-order valence-electron chi connectivity index (χ2n) is 10.2. The van der Waals surface area contributed by atoms with Crippen LogP contribution < -0.4 is 5.32 Å². The summed E-state index contributed by atoms with van der Waals surface area (Å²) in [5.41, 5.74) is 3.71. The molecular weight excluding hydrogens is 485 g/mol. The molecule has 3 aromatic carbocycles. The first-order valence-corrected chi connectivity index (χ1v) is 13.3. The number of fused-ring (bicyclic) bond motifs is 1. The predicted octanol–water partition coefficient (Wildman–Crippen LogP) is 8.40. The van der Waals surface area contributed by atoms with E-state index in [2.05, 4.69) is 17.2 Å². The number of halogens is 3. The molecule has 1 unspecified atom stereocenters. The standard InChI is InChI=1S/C32H31F3N2O/c1-2-29(37-31(38)25-14-8-22(9-15-25)21-6-4-3-5-7-21)24-12-10-23(11-13-24)27-18-19-36-30-17-16-26(20-28(27)30)32(33,34)35/h3-9,14-20,23-24,29H,2,10-13H2,1H3,(H,37,38)/t23-,24+,29?. The van der Waals surface area contributed by atoms with Gasteiger partial charge in [-0.25, -0.2) is 0 Å². The van der Waals surface area contributed by atoms with Gasteiger partial charge >= 0.3 is 6.18 Å². The SMILES string of the molecule is CCC(NC(=O)c1ccc(-c2ccccc2)cc1)[C@H]1CC[C@@H](c2ccnc3ccc(C(F)(F)F)cc32)CC1. The van der Waals surface area contributed by atoms with E-state index in [0.29, 0.717) is 22.4 Å². The zero-order chi connectivity index (χ0) is 26.7. The molecule has 5 rings (SSSR count). The molecule has 1 amide bonds. The van der Waals surface area contributed by atoms with Crippen LogP contribution in [-0.2, 0) is 6.18 Å². The van der Waals surface area contributed by atoms with Gasteiger partial charge < -0.3 is 5.32 Å². The topological polar surface area (TPSA) is 42.0 Å². The maximum atomic E-state index is 13.3. The Labute approximate surface area is 221 Å². The van der Waals surface area contributed by atoms with Gasteiger partial charge in [0.15, 0.2) is 0 Å². The zero-order valence-electron chi connectivity index (χ0n) is 21.3. The highest BCUT2D eigenvalue weighted by Gasteiger charge is 2.32. The molecule has 0 bridgehead atoms. The average Bonchev–Trinajstić information content (AvgIpc) is 2.95. The number of carbonyl (C=O) groups excluding carboxylic acids is 1. The highest BCUT2D eigenvalue weighted by molar-refractivity contribution is 5.95. The molecule has 0 radical (unpaired) electrons. The lowest BCUT2D eigenvalue weighted by Crippen LogP contribution is -2.41. The number of hydrogen-bond donors (Lipinski definition) is 1. The second-order valence-corrected chi connectivity index (χ2v) is 10.2. The van der Waals surface area contributed by atoms with Crippen molar-refractivity contribution < 1.29 is 18.0 Å². The maximum Gasteiger partial charge on any atom is 0.416 e. The smallest absolute Gasteiger partial charge is 0.349 e. The van der Waals surface area contributed by atoms with Crippen LogP contribution in [0, 0.1) is 5.92 Å². The lowest BCUT2D eigenvalue weighted by molar-refractivity contribution is -0.137. The summed E-state index contributed by atoms with van der Waals surface area (Å²) in [4.78, 5) is 17.3. The van der Waals surface area contributed by atoms with Crippen molar-refractivity contribution in [3.8, 4) is 11.1 Å². The van der Waals surface area contributed by atoms with Crippen molar-refractivity contribution in [2.75, 3.05) is 0 Å². The molecule has 1 N–H and O–H groups in total. The lowest BCUT2D eigenvalue weighted by Gasteiger charge is -2.34. The Balaban J connectivity index is 1.24. The number of nitrogens with zero attached hydrogens (tertiary/aromatic N) is 1. The first-order chi connectivity index (χ1) is 18.3. The summed E-state index contributed by atoms with van der Waals surface area (Å²) < 4.78 is 40.0. The van der Waals surface area contributed by atoms with Gasteiger partial charge in [0.2, 0.25) is 0 Å². The summed E-state index contributed by atoms with van der Waals surface area (Å²) in [5, 5.41) is 3.83. The van der Waals surface area contributed by atoms with Crippen LogP contribution in [0.15, 0.2) is 85.1 Å². The van der Waals surface area contributed by atoms with Gasteiger partial charge in [0, 0.05) is 23.2 Å². The third-order valence-corrected chi connectivity index (χ3v) is 7.89. The van der Waals surface area contributed by atoms with E-state index in [4.69, 9.17) is 0 Å². The van der Waals surface area contributed by atoms with Crippen molar-refractivity contribution in [2.24, 2.45) is 5.92 Å². The number of nitrogens with one attached hydrogen (secondary N) is 1. The lowest BCUT2D eigenvalue weighted by atomic mass is 9.75. The summed E-state index contributed by atoms with van der Waals surface area (Å²) in [6.07, 6.45) is 1.72. The first kappa shape index (κ1) is 26.0. The van der Waals surface area contributed by atoms with Crippen LogP contribution in [-0.4, -0.2) is 16.9 Å². The average molecular weight is 517 g/mol. The van der Waals surface area contributed by atoms with Crippen LogP contribution in [0.2, 0.25) is 0 Å². The summed E-state index contributed by atoms with van der Waals surface area (Å²) in [5.74, 6) is 0.444. The highest BCUT2D eigenvalue weighted by Crippen LogP contribution is 2.41. The Hall–Kier alpha value is -3.67. The van der Waals surface area contributed by atoms with E-state index in [9.17, 15) is 18.0 Å². The van der Waals surface area contributed by atoms with Crippen LogP contribution >= 0.6 is 0 Å². The van der Waals surface area contributed by atoms with Gasteiger partial charge in [-0.1, -0.05) is 49.4 Å². The van der Waals surface area contributed by atoms with Gasteiger partial charge in [0.25, 0.3) is 5.91 Å². The van der Waals surface area contributed by atoms with Crippen LogP contribution in [0.25, 0.3) is 22.0 Å². The molecule has 0 saturated heterocycles. The van der Waals surface area contributed by atoms with E-state index in [1.807, 2.05) is 60.7 Å². The number of benzene rings is 3. The fraction of sp³-hybridized carbons (Fsp3) is 0.312. The molecule has 1 aromatic heterocycles. The molecule has 3 nitrogen and oxygen atoms in total. The molecule has 6 heteroatoms. The number of hydrogen-bond acceptors (Lipinski definition) is 2. The molecule has 1 aliphatic carbocycles. The van der Waals surface area contributed by atoms with Crippen LogP contribution in [0.1, 0.15) is 66.4 Å².